The molecular weight excluding hydrogens is 875 g/mol. The van der Waals surface area contributed by atoms with Crippen LogP contribution in [0.25, 0.3) is 0 Å². The van der Waals surface area contributed by atoms with Crippen molar-refractivity contribution in [1.82, 2.24) is 41.7 Å². The highest BCUT2D eigenvalue weighted by Crippen LogP contribution is 2.23. The fourth-order valence-corrected chi connectivity index (χ4v) is 7.52. The number of carboxylic acids is 1. The smallest absolute Gasteiger partial charge is 0.322 e. The van der Waals surface area contributed by atoms with Crippen LogP contribution < -0.4 is 60.6 Å². The van der Waals surface area contributed by atoms with E-state index in [2.05, 4.69) is 41.9 Å². The molecule has 2 saturated heterocycles. The Morgan fingerprint density at radius 1 is 0.642 bits per heavy atom. The number of nitrogens with one attached hydrogen (secondary N) is 6. The molecule has 2 aliphatic heterocycles. The summed E-state index contributed by atoms with van der Waals surface area (Å²) in [6.07, 6.45) is 1.78. The van der Waals surface area contributed by atoms with Crippen LogP contribution in [0.15, 0.2) is 40.3 Å². The van der Waals surface area contributed by atoms with Gasteiger partial charge in [-0.1, -0.05) is 30.3 Å². The van der Waals surface area contributed by atoms with Gasteiger partial charge in [0.25, 0.3) is 0 Å². The molecule has 0 aliphatic carbocycles. The van der Waals surface area contributed by atoms with Gasteiger partial charge < -0.3 is 75.5 Å². The van der Waals surface area contributed by atoms with E-state index in [0.29, 0.717) is 18.4 Å². The number of carbonyl (C=O) groups excluding carboxylic acids is 8. The number of aliphatic imine (C=N–C) groups is 2. The molecule has 1 aromatic rings. The Kier molecular flexibility index (Phi) is 21.7. The first-order chi connectivity index (χ1) is 31.7. The summed E-state index contributed by atoms with van der Waals surface area (Å²) in [5.41, 5.74) is 28.3. The van der Waals surface area contributed by atoms with E-state index in [1.807, 2.05) is 0 Å². The number of guanidine groups is 2. The van der Waals surface area contributed by atoms with Crippen LogP contribution in [0.3, 0.4) is 0 Å². The number of nitrogens with zero attached hydrogens (tertiary/aromatic N) is 4. The third-order valence-electron chi connectivity index (χ3n) is 11.0. The SMILES string of the molecule is C[C@H](N)C(=O)N[C@@H](C)C(=O)N[C@@H](C)C(=O)N[C@@H](CCCN=C(N)N)C(=O)N[C@@H](CCCN=C(N)N)C(=O)N1CCC[C@H]1C(=O)N[C@@H](Cc1ccccc1)C(=O)N1CCC[C@H]1C(=O)NCC(=O)O. The third-order valence-corrected chi connectivity index (χ3v) is 11.0. The zero-order chi connectivity index (χ0) is 49.8. The summed E-state index contributed by atoms with van der Waals surface area (Å²) in [5.74, 6) is -6.95. The minimum atomic E-state index is -1.28. The highest BCUT2D eigenvalue weighted by Gasteiger charge is 2.42. The number of carboxylic acid groups (broad SMARTS) is 1. The van der Waals surface area contributed by atoms with Gasteiger partial charge in [-0.2, -0.15) is 0 Å². The number of amides is 8. The van der Waals surface area contributed by atoms with Gasteiger partial charge in [0, 0.05) is 32.6 Å². The predicted molar refractivity (Wildman–Crippen MR) is 245 cm³/mol. The summed E-state index contributed by atoms with van der Waals surface area (Å²) in [4.78, 5) is 130. The zero-order valence-corrected chi connectivity index (χ0v) is 38.2. The number of benzene rings is 1. The Balaban J connectivity index is 1.86. The zero-order valence-electron chi connectivity index (χ0n) is 38.2. The van der Waals surface area contributed by atoms with Crippen molar-refractivity contribution in [3.05, 3.63) is 35.9 Å². The number of nitrogens with two attached hydrogens (primary N) is 5. The molecule has 8 amide bonds. The summed E-state index contributed by atoms with van der Waals surface area (Å²) in [6, 6.07) is -0.0342. The number of carbonyl (C=O) groups is 9. The molecule has 17 N–H and O–H groups in total. The van der Waals surface area contributed by atoms with Gasteiger partial charge in [-0.3, -0.25) is 53.1 Å². The van der Waals surface area contributed by atoms with Crippen LogP contribution in [-0.2, 0) is 49.6 Å². The quantitative estimate of drug-likeness (QED) is 0.0249. The largest absolute Gasteiger partial charge is 0.480 e. The summed E-state index contributed by atoms with van der Waals surface area (Å²) in [6.45, 7) is 4.06. The molecule has 0 bridgehead atoms. The normalized spacial score (nSPS) is 18.1. The number of rotatable bonds is 25. The molecule has 8 atom stereocenters. The third kappa shape index (κ3) is 17.7. The van der Waals surface area contributed by atoms with Crippen LogP contribution in [0, 0.1) is 0 Å². The van der Waals surface area contributed by atoms with Gasteiger partial charge in [0.05, 0.1) is 6.04 Å². The lowest BCUT2D eigenvalue weighted by Gasteiger charge is -2.32. The van der Waals surface area contributed by atoms with E-state index in [0.717, 1.165) is 0 Å². The van der Waals surface area contributed by atoms with Crippen molar-refractivity contribution in [2.45, 2.75) is 127 Å². The lowest BCUT2D eigenvalue weighted by molar-refractivity contribution is -0.145. The minimum absolute atomic E-state index is 0.00620. The highest BCUT2D eigenvalue weighted by molar-refractivity contribution is 5.98. The van der Waals surface area contributed by atoms with Crippen molar-refractivity contribution in [3.63, 3.8) is 0 Å². The van der Waals surface area contributed by atoms with Crippen LogP contribution in [0.1, 0.15) is 77.7 Å². The summed E-state index contributed by atoms with van der Waals surface area (Å²) in [5, 5.41) is 24.5. The van der Waals surface area contributed by atoms with Gasteiger partial charge >= 0.3 is 5.97 Å². The molecule has 25 heteroatoms. The lowest BCUT2D eigenvalue weighted by Crippen LogP contribution is -2.60. The number of aliphatic carboxylic acids is 1. The number of hydrogen-bond donors (Lipinski definition) is 12. The van der Waals surface area contributed by atoms with Crippen molar-refractivity contribution >= 4 is 65.1 Å². The van der Waals surface area contributed by atoms with Gasteiger partial charge in [0.15, 0.2) is 11.9 Å². The fraction of sp³-hybridized carbons (Fsp3) is 0.595. The van der Waals surface area contributed by atoms with E-state index in [4.69, 9.17) is 33.8 Å². The summed E-state index contributed by atoms with van der Waals surface area (Å²) < 4.78 is 0. The second-order valence-electron chi connectivity index (χ2n) is 16.5. The topological polar surface area (TPSA) is 407 Å². The summed E-state index contributed by atoms with van der Waals surface area (Å²) >= 11 is 0. The molecule has 2 heterocycles. The Bertz CT molecular complexity index is 1980. The molecule has 0 unspecified atom stereocenters. The van der Waals surface area contributed by atoms with E-state index in [-0.39, 0.29) is 83.0 Å². The fourth-order valence-electron chi connectivity index (χ4n) is 7.52. The molecule has 2 fully saturated rings. The maximum absolute atomic E-state index is 14.5. The Morgan fingerprint density at radius 3 is 1.64 bits per heavy atom. The standard InChI is InChI=1S/C42H67N15O10/c1-23(43)33(60)51-24(2)34(61)52-25(3)35(62)53-27(13-7-17-48-41(44)45)36(63)54-28(14-8-18-49-42(46)47)39(66)57-20-10-16-31(57)38(65)55-29(21-26-11-5-4-6-12-26)40(67)56-19-9-15-30(56)37(64)50-22-32(58)59/h4-6,11-12,23-25,27-31H,7-10,13-22,43H2,1-3H3,(H,50,64)(H,51,60)(H,52,61)(H,53,62)(H,54,63)(H,55,65)(H,58,59)(H4,44,45,48)(H4,46,47,49)/t23-,24-,25-,27-,28-,29-,30-,31-/m0/s1. The molecule has 370 valence electrons. The van der Waals surface area contributed by atoms with Crippen LogP contribution in [-0.4, -0.2) is 161 Å². The molecule has 67 heavy (non-hydrogen) atoms. The molecule has 0 radical (unpaired) electrons. The molecule has 0 aromatic heterocycles. The van der Waals surface area contributed by atoms with Crippen molar-refractivity contribution in [1.29, 1.82) is 0 Å². The first-order valence-electron chi connectivity index (χ1n) is 22.2. The summed E-state index contributed by atoms with van der Waals surface area (Å²) in [7, 11) is 0. The van der Waals surface area contributed by atoms with Crippen molar-refractivity contribution < 1.29 is 48.3 Å². The van der Waals surface area contributed by atoms with E-state index in [1.54, 1.807) is 30.3 Å². The van der Waals surface area contributed by atoms with Gasteiger partial charge in [0.1, 0.15) is 48.8 Å². The lowest BCUT2D eigenvalue weighted by atomic mass is 10.0. The van der Waals surface area contributed by atoms with Crippen LogP contribution in [0.5, 0.6) is 0 Å². The second kappa shape index (κ2) is 26.8. The maximum atomic E-state index is 14.5. The number of likely N-dealkylation sites (tertiary alicyclic amines) is 2. The molecule has 2 aliphatic rings. The highest BCUT2D eigenvalue weighted by atomic mass is 16.4. The average molecular weight is 942 g/mol. The maximum Gasteiger partial charge on any atom is 0.322 e. The van der Waals surface area contributed by atoms with E-state index >= 15 is 0 Å². The average Bonchev–Trinajstić information content (AvgIpc) is 3.98. The second-order valence-corrected chi connectivity index (χ2v) is 16.5. The molecular formula is C42H67N15O10. The molecule has 1 aromatic carbocycles. The van der Waals surface area contributed by atoms with E-state index < -0.39 is 108 Å². The molecule has 3 rings (SSSR count). The van der Waals surface area contributed by atoms with Gasteiger partial charge in [-0.05, 0) is 77.7 Å². The minimum Gasteiger partial charge on any atom is -0.480 e. The first kappa shape index (κ1) is 54.3. The van der Waals surface area contributed by atoms with E-state index in [9.17, 15) is 43.2 Å². The van der Waals surface area contributed by atoms with Crippen LogP contribution in [0.2, 0.25) is 0 Å². The van der Waals surface area contributed by atoms with Crippen molar-refractivity contribution in [2.24, 2.45) is 38.7 Å². The molecule has 0 saturated carbocycles. The molecule has 25 nitrogen and oxygen atoms in total. The van der Waals surface area contributed by atoms with Crippen LogP contribution >= 0.6 is 0 Å². The number of hydrogen-bond acceptors (Lipinski definition) is 12. The van der Waals surface area contributed by atoms with Gasteiger partial charge in [-0.15, -0.1) is 0 Å². The molecule has 0 spiro atoms. The first-order valence-corrected chi connectivity index (χ1v) is 22.2. The monoisotopic (exact) mass is 942 g/mol. The van der Waals surface area contributed by atoms with Crippen molar-refractivity contribution in [2.75, 3.05) is 32.7 Å². The Morgan fingerprint density at radius 2 is 1.12 bits per heavy atom. The van der Waals surface area contributed by atoms with E-state index in [1.165, 1.54) is 30.6 Å². The van der Waals surface area contributed by atoms with Gasteiger partial charge in [0.2, 0.25) is 47.3 Å². The van der Waals surface area contributed by atoms with Crippen LogP contribution in [0.4, 0.5) is 0 Å². The Hall–Kier alpha value is -7.05. The van der Waals surface area contributed by atoms with Gasteiger partial charge in [-0.25, -0.2) is 0 Å². The Labute approximate surface area is 388 Å². The predicted octanol–water partition coefficient (Wildman–Crippen LogP) is -4.67. The van der Waals surface area contributed by atoms with Crippen molar-refractivity contribution in [3.8, 4) is 0 Å².